The summed E-state index contributed by atoms with van der Waals surface area (Å²) in [6.07, 6.45) is 0.851. The van der Waals surface area contributed by atoms with Crippen LogP contribution in [0.4, 0.5) is 5.82 Å². The maximum Gasteiger partial charge on any atom is 0.274 e. The van der Waals surface area contributed by atoms with Crippen molar-refractivity contribution in [3.8, 4) is 11.1 Å². The predicted octanol–water partition coefficient (Wildman–Crippen LogP) is 5.48. The number of para-hydroxylation sites is 1. The molecule has 1 atom stereocenters. The van der Waals surface area contributed by atoms with Crippen molar-refractivity contribution in [1.82, 2.24) is 24.6 Å². The van der Waals surface area contributed by atoms with Crippen molar-refractivity contribution in [2.24, 2.45) is 4.99 Å². The number of Topliss-reactive ketones (excluding diaryl/α,β-unsaturated/α-hetero) is 1. The normalized spacial score (nSPS) is 17.8. The largest absolute Gasteiger partial charge is 0.366 e. The quantitative estimate of drug-likeness (QED) is 0.156. The molecule has 44 heavy (non-hydrogen) atoms. The topological polar surface area (TPSA) is 105 Å². The third-order valence-electron chi connectivity index (χ3n) is 7.85. The Balaban J connectivity index is 1.54. The molecule has 238 valence electrons. The molecule has 1 unspecified atom stereocenters. The summed E-state index contributed by atoms with van der Waals surface area (Å²) in [5.74, 6) is 2.49. The maximum atomic E-state index is 14.4. The molecule has 2 aliphatic rings. The molecular weight excluding hydrogens is 609 g/mol. The minimum absolute atomic E-state index is 0.165. The van der Waals surface area contributed by atoms with E-state index in [2.05, 4.69) is 54.3 Å². The van der Waals surface area contributed by atoms with E-state index in [1.165, 1.54) is 0 Å². The van der Waals surface area contributed by atoms with Crippen LogP contribution in [0.5, 0.6) is 0 Å². The van der Waals surface area contributed by atoms with Gasteiger partial charge in [0.2, 0.25) is 5.78 Å². The lowest BCUT2D eigenvalue weighted by Crippen LogP contribution is -2.51. The van der Waals surface area contributed by atoms with E-state index >= 15 is 0 Å². The molecule has 0 saturated carbocycles. The van der Waals surface area contributed by atoms with Crippen LogP contribution in [0.25, 0.3) is 22.0 Å². The number of H-pyrrole nitrogens is 1. The van der Waals surface area contributed by atoms with Crippen LogP contribution in [0.2, 0.25) is 51.4 Å². The number of nitrogens with one attached hydrogen (secondary N) is 1. The number of carbonyl (C=O) groups excluding carboxylic acids is 1. The van der Waals surface area contributed by atoms with E-state index < -0.39 is 22.3 Å². The van der Waals surface area contributed by atoms with Crippen LogP contribution in [-0.4, -0.2) is 104 Å². The summed E-state index contributed by atoms with van der Waals surface area (Å²) in [4.78, 5) is 41.5. The van der Waals surface area contributed by atoms with Gasteiger partial charge in [0.15, 0.2) is 17.8 Å². The van der Waals surface area contributed by atoms with Crippen LogP contribution >= 0.6 is 11.8 Å². The molecule has 0 bridgehead atoms. The average molecular weight is 655 g/mol. The van der Waals surface area contributed by atoms with Gasteiger partial charge < -0.3 is 14.4 Å². The number of fused-ring (bicyclic) bond motifs is 2. The van der Waals surface area contributed by atoms with E-state index in [9.17, 15) is 9.59 Å². The third kappa shape index (κ3) is 7.98. The Morgan fingerprint density at radius 3 is 2.25 bits per heavy atom. The number of carbonyl (C=O) groups is 1. The smallest absolute Gasteiger partial charge is 0.274 e. The molecule has 0 radical (unpaired) electrons. The molecule has 13 heteroatoms. The first-order valence-electron chi connectivity index (χ1n) is 15.5. The Morgan fingerprint density at radius 1 is 0.977 bits per heavy atom. The van der Waals surface area contributed by atoms with Gasteiger partial charge in [-0.3, -0.25) is 19.7 Å². The molecule has 4 heterocycles. The van der Waals surface area contributed by atoms with Crippen molar-refractivity contribution < 1.29 is 14.3 Å². The predicted molar refractivity (Wildman–Crippen MR) is 186 cm³/mol. The first-order valence-corrected chi connectivity index (χ1v) is 24.0. The molecule has 1 aromatic carbocycles. The molecule has 0 spiro atoms. The Labute approximate surface area is 266 Å². The average Bonchev–Trinajstić information content (AvgIpc) is 3.30. The summed E-state index contributed by atoms with van der Waals surface area (Å²) in [6, 6.07) is 11.8. The minimum Gasteiger partial charge on any atom is -0.366 e. The van der Waals surface area contributed by atoms with Gasteiger partial charge in [0, 0.05) is 71.1 Å². The fourth-order valence-electron chi connectivity index (χ4n) is 5.21. The van der Waals surface area contributed by atoms with Gasteiger partial charge in [0.25, 0.3) is 5.56 Å². The summed E-state index contributed by atoms with van der Waals surface area (Å²) in [7, 11) is -2.62. The van der Waals surface area contributed by atoms with Gasteiger partial charge >= 0.3 is 0 Å². The number of ketones is 1. The first-order chi connectivity index (χ1) is 20.9. The van der Waals surface area contributed by atoms with Crippen molar-refractivity contribution in [2.75, 3.05) is 51.3 Å². The summed E-state index contributed by atoms with van der Waals surface area (Å²) in [6.45, 7) is 17.0. The lowest BCUT2D eigenvalue weighted by atomic mass is 10.1. The lowest BCUT2D eigenvalue weighted by Gasteiger charge is -2.37. The van der Waals surface area contributed by atoms with E-state index in [4.69, 9.17) is 14.5 Å². The number of nitrogens with zero attached hydrogens (tertiary/aromatic N) is 5. The summed E-state index contributed by atoms with van der Waals surface area (Å²) < 4.78 is 14.0. The number of hydrogen-bond donors (Lipinski definition) is 1. The van der Waals surface area contributed by atoms with Crippen molar-refractivity contribution in [1.29, 1.82) is 0 Å². The van der Waals surface area contributed by atoms with Crippen LogP contribution in [0.15, 0.2) is 46.3 Å². The van der Waals surface area contributed by atoms with Gasteiger partial charge in [-0.25, -0.2) is 14.6 Å². The number of benzene rings is 1. The van der Waals surface area contributed by atoms with Crippen LogP contribution in [0.3, 0.4) is 0 Å². The fraction of sp³-hybridized carbons (Fsp3) is 0.548. The Bertz CT molecular complexity index is 1530. The highest BCUT2D eigenvalue weighted by Crippen LogP contribution is 2.36. The van der Waals surface area contributed by atoms with E-state index in [0.717, 1.165) is 47.6 Å². The van der Waals surface area contributed by atoms with Crippen LogP contribution in [-0.2, 0) is 14.3 Å². The zero-order valence-electron chi connectivity index (χ0n) is 26.9. The number of pyridine rings is 1. The number of rotatable bonds is 12. The first kappa shape index (κ1) is 32.8. The minimum atomic E-state index is -1.31. The van der Waals surface area contributed by atoms with E-state index in [-0.39, 0.29) is 24.8 Å². The third-order valence-corrected chi connectivity index (χ3v) is 12.2. The van der Waals surface area contributed by atoms with Gasteiger partial charge in [-0.2, -0.15) is 11.8 Å². The molecule has 2 aliphatic heterocycles. The highest BCUT2D eigenvalue weighted by atomic mass is 32.2. The molecular formula is C31H46N6O4SSi2. The number of thioether (sulfide) groups is 1. The van der Waals surface area contributed by atoms with Crippen molar-refractivity contribution in [3.63, 3.8) is 0 Å². The summed E-state index contributed by atoms with van der Waals surface area (Å²) >= 11 is 1.87. The summed E-state index contributed by atoms with van der Waals surface area (Å²) in [5, 5.41) is 3.90. The van der Waals surface area contributed by atoms with E-state index in [1.54, 1.807) is 10.9 Å². The van der Waals surface area contributed by atoms with Gasteiger partial charge in [0.05, 0.1) is 11.1 Å². The standard InChI is InChI=1S/C31H46N6O4SSi2/c1-43(2,3)17-13-40-21-36(22-41-14-18-44(4,5)6)31-27(38)29(35-11-15-42-16-12-35)33-28-26(30(39)34-37(28)31)24-19-23-9-7-8-10-25(23)32-20-24/h7-10,19-20,31H,11-18,21-22H2,1-6H3,(H,34,39). The maximum absolute atomic E-state index is 14.4. The molecule has 2 aromatic heterocycles. The number of aromatic amines is 1. The molecule has 10 nitrogen and oxygen atoms in total. The van der Waals surface area contributed by atoms with Gasteiger partial charge in [-0.05, 0) is 24.2 Å². The highest BCUT2D eigenvalue weighted by molar-refractivity contribution is 7.99. The monoisotopic (exact) mass is 654 g/mol. The van der Waals surface area contributed by atoms with Crippen LogP contribution in [0, 0.1) is 0 Å². The molecule has 1 N–H and O–H groups in total. The van der Waals surface area contributed by atoms with Crippen molar-refractivity contribution in [2.45, 2.75) is 57.5 Å². The molecule has 1 saturated heterocycles. The van der Waals surface area contributed by atoms with E-state index in [1.807, 2.05) is 47.0 Å². The van der Waals surface area contributed by atoms with Crippen LogP contribution in [0.1, 0.15) is 6.17 Å². The number of ether oxygens (including phenoxy) is 2. The number of aromatic nitrogens is 3. The molecule has 1 fully saturated rings. The lowest BCUT2D eigenvalue weighted by molar-refractivity contribution is -0.134. The number of amidine groups is 1. The van der Waals surface area contributed by atoms with Gasteiger partial charge in [-0.1, -0.05) is 57.5 Å². The van der Waals surface area contributed by atoms with Gasteiger partial charge in [-0.15, -0.1) is 0 Å². The Morgan fingerprint density at radius 2 is 1.61 bits per heavy atom. The van der Waals surface area contributed by atoms with Crippen molar-refractivity contribution >= 4 is 56.2 Å². The summed E-state index contributed by atoms with van der Waals surface area (Å²) in [5.41, 5.74) is 1.60. The second kappa shape index (κ2) is 13.8. The Hall–Kier alpha value is -2.56. The van der Waals surface area contributed by atoms with Gasteiger partial charge in [0.1, 0.15) is 13.5 Å². The fourth-order valence-corrected chi connectivity index (χ4v) is 7.63. The number of hydrogen-bond acceptors (Lipinski definition) is 9. The number of aliphatic imine (C=N–C) groups is 1. The Kier molecular flexibility index (Phi) is 10.3. The SMILES string of the molecule is C[Si](C)(C)CCOCN(COCC[Si](C)(C)C)C1C(=O)C(N2CCSCC2)=Nc2c(-c3cnc4ccccc4c3)c(=O)[nH]n21. The van der Waals surface area contributed by atoms with E-state index in [0.29, 0.717) is 36.0 Å². The molecule has 0 amide bonds. The molecule has 5 rings (SSSR count). The van der Waals surface area contributed by atoms with Crippen molar-refractivity contribution in [3.05, 3.63) is 46.9 Å². The zero-order valence-corrected chi connectivity index (χ0v) is 29.7. The van der Waals surface area contributed by atoms with Crippen LogP contribution < -0.4 is 5.56 Å². The zero-order chi connectivity index (χ0) is 31.5. The second-order valence-corrected chi connectivity index (χ2v) is 26.5. The highest BCUT2D eigenvalue weighted by Gasteiger charge is 2.41. The second-order valence-electron chi connectivity index (χ2n) is 14.0. The molecule has 3 aromatic rings. The molecule has 0 aliphatic carbocycles.